The normalized spacial score (nSPS) is 13.2. The van der Waals surface area contributed by atoms with E-state index in [1.807, 2.05) is 29.9 Å². The Kier molecular flexibility index (Phi) is 3.33. The smallest absolute Gasteiger partial charge is 0.133 e. The molecule has 4 nitrogen and oxygen atoms in total. The van der Waals surface area contributed by atoms with Gasteiger partial charge in [0.2, 0.25) is 0 Å². The lowest BCUT2D eigenvalue weighted by atomic mass is 10.1. The third-order valence-electron chi connectivity index (χ3n) is 2.68. The Morgan fingerprint density at radius 2 is 2.12 bits per heavy atom. The lowest BCUT2D eigenvalue weighted by molar-refractivity contribution is 0.147. The molecule has 1 atom stereocenters. The number of hydrogen-bond acceptors (Lipinski definition) is 3. The molecule has 0 saturated carbocycles. The Hall–Kier alpha value is -1.55. The molecular weight excluding hydrogens is 216 g/mol. The van der Waals surface area contributed by atoms with Crippen molar-refractivity contribution in [2.24, 2.45) is 0 Å². The minimum atomic E-state index is -0.626. The van der Waals surface area contributed by atoms with E-state index in [4.69, 9.17) is 4.42 Å². The standard InChI is InChI=1S/C13H18N2O2/c1-9(2)15-7-6-11(14-15)8-12(16)13-5-4-10(3)17-13/h4-7,9,12,16H,8H2,1-3H3. The Balaban J connectivity index is 2.05. The predicted octanol–water partition coefficient (Wildman–Crippen LogP) is 2.64. The van der Waals surface area contributed by atoms with Crippen molar-refractivity contribution in [1.82, 2.24) is 9.78 Å². The molecule has 4 heteroatoms. The Morgan fingerprint density at radius 3 is 2.65 bits per heavy atom. The van der Waals surface area contributed by atoms with Crippen molar-refractivity contribution < 1.29 is 9.52 Å². The SMILES string of the molecule is Cc1ccc(C(O)Cc2ccn(C(C)C)n2)o1. The number of hydrogen-bond donors (Lipinski definition) is 1. The van der Waals surface area contributed by atoms with E-state index in [1.54, 1.807) is 6.07 Å². The molecule has 1 N–H and O–H groups in total. The van der Waals surface area contributed by atoms with Crippen LogP contribution in [0.1, 0.15) is 43.2 Å². The summed E-state index contributed by atoms with van der Waals surface area (Å²) in [6.45, 7) is 6.01. The molecule has 92 valence electrons. The van der Waals surface area contributed by atoms with E-state index in [0.717, 1.165) is 11.5 Å². The summed E-state index contributed by atoms with van der Waals surface area (Å²) in [5.74, 6) is 1.41. The van der Waals surface area contributed by atoms with E-state index >= 15 is 0 Å². The van der Waals surface area contributed by atoms with Gasteiger partial charge in [-0.15, -0.1) is 0 Å². The van der Waals surface area contributed by atoms with Gasteiger partial charge in [0, 0.05) is 18.7 Å². The van der Waals surface area contributed by atoms with Crippen LogP contribution >= 0.6 is 0 Å². The maximum absolute atomic E-state index is 9.99. The van der Waals surface area contributed by atoms with Gasteiger partial charge in [0.25, 0.3) is 0 Å². The van der Waals surface area contributed by atoms with Gasteiger partial charge in [-0.3, -0.25) is 4.68 Å². The van der Waals surface area contributed by atoms with Crippen LogP contribution in [0.25, 0.3) is 0 Å². The molecule has 1 unspecified atom stereocenters. The average molecular weight is 234 g/mol. The molecule has 0 fully saturated rings. The molecule has 0 aromatic carbocycles. The van der Waals surface area contributed by atoms with E-state index < -0.39 is 6.10 Å². The van der Waals surface area contributed by atoms with E-state index in [0.29, 0.717) is 18.2 Å². The fourth-order valence-electron chi connectivity index (χ4n) is 1.71. The van der Waals surface area contributed by atoms with Gasteiger partial charge in [-0.05, 0) is 39.0 Å². The molecular formula is C13H18N2O2. The highest BCUT2D eigenvalue weighted by Gasteiger charge is 2.14. The van der Waals surface area contributed by atoms with Crippen LogP contribution in [-0.4, -0.2) is 14.9 Å². The maximum Gasteiger partial charge on any atom is 0.133 e. The first kappa shape index (κ1) is 11.9. The molecule has 0 saturated heterocycles. The summed E-state index contributed by atoms with van der Waals surface area (Å²) in [4.78, 5) is 0. The minimum Gasteiger partial charge on any atom is -0.464 e. The van der Waals surface area contributed by atoms with Crippen LogP contribution in [0.2, 0.25) is 0 Å². The minimum absolute atomic E-state index is 0.340. The summed E-state index contributed by atoms with van der Waals surface area (Å²) in [7, 11) is 0. The highest BCUT2D eigenvalue weighted by molar-refractivity contribution is 5.11. The van der Waals surface area contributed by atoms with Crippen molar-refractivity contribution in [3.8, 4) is 0 Å². The summed E-state index contributed by atoms with van der Waals surface area (Å²) >= 11 is 0. The zero-order valence-corrected chi connectivity index (χ0v) is 10.4. The first-order chi connectivity index (χ1) is 8.06. The Labute approximate surface area is 101 Å². The van der Waals surface area contributed by atoms with Crippen molar-refractivity contribution >= 4 is 0 Å². The molecule has 0 bridgehead atoms. The van der Waals surface area contributed by atoms with Crippen LogP contribution in [0.4, 0.5) is 0 Å². The lowest BCUT2D eigenvalue weighted by Gasteiger charge is -2.06. The second-order valence-electron chi connectivity index (χ2n) is 4.55. The van der Waals surface area contributed by atoms with Crippen molar-refractivity contribution in [3.63, 3.8) is 0 Å². The fourth-order valence-corrected chi connectivity index (χ4v) is 1.71. The summed E-state index contributed by atoms with van der Waals surface area (Å²) in [5, 5.41) is 14.4. The highest BCUT2D eigenvalue weighted by atomic mass is 16.4. The molecule has 2 rings (SSSR count). The van der Waals surface area contributed by atoms with Gasteiger partial charge in [0.15, 0.2) is 0 Å². The number of aryl methyl sites for hydroxylation is 1. The number of aliphatic hydroxyl groups excluding tert-OH is 1. The summed E-state index contributed by atoms with van der Waals surface area (Å²) < 4.78 is 7.27. The van der Waals surface area contributed by atoms with Crippen LogP contribution < -0.4 is 0 Å². The van der Waals surface area contributed by atoms with Gasteiger partial charge in [-0.2, -0.15) is 5.10 Å². The molecule has 0 radical (unpaired) electrons. The number of aromatic nitrogens is 2. The monoisotopic (exact) mass is 234 g/mol. The van der Waals surface area contributed by atoms with Gasteiger partial charge in [0.1, 0.15) is 17.6 Å². The third-order valence-corrected chi connectivity index (χ3v) is 2.68. The van der Waals surface area contributed by atoms with Gasteiger partial charge in [-0.25, -0.2) is 0 Å². The van der Waals surface area contributed by atoms with E-state index in [-0.39, 0.29) is 0 Å². The van der Waals surface area contributed by atoms with Gasteiger partial charge in [0.05, 0.1) is 5.69 Å². The maximum atomic E-state index is 9.99. The van der Waals surface area contributed by atoms with E-state index in [1.165, 1.54) is 0 Å². The zero-order chi connectivity index (χ0) is 12.4. The van der Waals surface area contributed by atoms with Crippen molar-refractivity contribution in [2.75, 3.05) is 0 Å². The van der Waals surface area contributed by atoms with E-state index in [2.05, 4.69) is 18.9 Å². The second-order valence-corrected chi connectivity index (χ2v) is 4.55. The molecule has 0 spiro atoms. The largest absolute Gasteiger partial charge is 0.464 e. The molecule has 0 amide bonds. The molecule has 2 aromatic heterocycles. The van der Waals surface area contributed by atoms with Crippen LogP contribution in [0.15, 0.2) is 28.8 Å². The molecule has 0 aliphatic heterocycles. The van der Waals surface area contributed by atoms with Gasteiger partial charge in [-0.1, -0.05) is 0 Å². The van der Waals surface area contributed by atoms with Crippen LogP contribution in [-0.2, 0) is 6.42 Å². The number of aliphatic hydroxyl groups is 1. The molecule has 17 heavy (non-hydrogen) atoms. The number of nitrogens with zero attached hydrogens (tertiary/aromatic N) is 2. The summed E-state index contributed by atoms with van der Waals surface area (Å²) in [6.07, 6.45) is 1.78. The zero-order valence-electron chi connectivity index (χ0n) is 10.4. The van der Waals surface area contributed by atoms with Crippen molar-refractivity contribution in [3.05, 3.63) is 41.6 Å². The lowest BCUT2D eigenvalue weighted by Crippen LogP contribution is -2.04. The van der Waals surface area contributed by atoms with Crippen LogP contribution in [0, 0.1) is 6.92 Å². The van der Waals surface area contributed by atoms with E-state index in [9.17, 15) is 5.11 Å². The molecule has 2 heterocycles. The van der Waals surface area contributed by atoms with Crippen LogP contribution in [0.3, 0.4) is 0 Å². The second kappa shape index (κ2) is 4.75. The highest BCUT2D eigenvalue weighted by Crippen LogP contribution is 2.20. The topological polar surface area (TPSA) is 51.2 Å². The van der Waals surface area contributed by atoms with Crippen LogP contribution in [0.5, 0.6) is 0 Å². The van der Waals surface area contributed by atoms with Crippen molar-refractivity contribution in [2.45, 2.75) is 39.3 Å². The average Bonchev–Trinajstić information content (AvgIpc) is 2.86. The quantitative estimate of drug-likeness (QED) is 0.884. The molecule has 0 aliphatic rings. The van der Waals surface area contributed by atoms with Gasteiger partial charge >= 0.3 is 0 Å². The first-order valence-corrected chi connectivity index (χ1v) is 5.84. The van der Waals surface area contributed by atoms with Gasteiger partial charge < -0.3 is 9.52 Å². The third kappa shape index (κ3) is 2.77. The van der Waals surface area contributed by atoms with Crippen molar-refractivity contribution in [1.29, 1.82) is 0 Å². The number of rotatable bonds is 4. The number of furan rings is 1. The summed E-state index contributed by atoms with van der Waals surface area (Å²) in [6, 6.07) is 5.93. The first-order valence-electron chi connectivity index (χ1n) is 5.84. The Morgan fingerprint density at radius 1 is 1.35 bits per heavy atom. The summed E-state index contributed by atoms with van der Waals surface area (Å²) in [5.41, 5.74) is 0.875. The Bertz CT molecular complexity index is 485. The predicted molar refractivity (Wildman–Crippen MR) is 64.7 cm³/mol. The molecule has 2 aromatic rings. The fraction of sp³-hybridized carbons (Fsp3) is 0.462. The molecule has 0 aliphatic carbocycles.